The third kappa shape index (κ3) is 5.21. The van der Waals surface area contributed by atoms with Crippen molar-refractivity contribution < 1.29 is 14.9 Å². The van der Waals surface area contributed by atoms with Gasteiger partial charge in [0.15, 0.2) is 6.29 Å². The standard InChI is InChI=1S/C9H21NO3/c1-4-7(2)5-10-8(6-11)9(12)13-3/h7-12H,4-6H2,1-3H3. The second kappa shape index (κ2) is 7.26. The summed E-state index contributed by atoms with van der Waals surface area (Å²) in [6, 6.07) is -0.390. The zero-order chi connectivity index (χ0) is 10.3. The van der Waals surface area contributed by atoms with Crippen LogP contribution in [-0.4, -0.2) is 42.8 Å². The molecule has 0 aliphatic heterocycles. The highest BCUT2D eigenvalue weighted by atomic mass is 16.6. The first-order chi connectivity index (χ1) is 6.15. The van der Waals surface area contributed by atoms with Crippen molar-refractivity contribution in [1.29, 1.82) is 0 Å². The van der Waals surface area contributed by atoms with Gasteiger partial charge in [0.1, 0.15) is 0 Å². The fraction of sp³-hybridized carbons (Fsp3) is 1.00. The molecule has 0 saturated carbocycles. The zero-order valence-electron chi connectivity index (χ0n) is 8.66. The molecule has 80 valence electrons. The number of rotatable bonds is 7. The highest BCUT2D eigenvalue weighted by molar-refractivity contribution is 4.69. The Bertz CT molecular complexity index is 121. The molecule has 13 heavy (non-hydrogen) atoms. The van der Waals surface area contributed by atoms with Gasteiger partial charge >= 0.3 is 0 Å². The first kappa shape index (κ1) is 12.8. The molecular formula is C9H21NO3. The summed E-state index contributed by atoms with van der Waals surface area (Å²) in [6.07, 6.45) is 0.142. The fourth-order valence-electron chi connectivity index (χ4n) is 0.917. The van der Waals surface area contributed by atoms with E-state index >= 15 is 0 Å². The van der Waals surface area contributed by atoms with E-state index in [2.05, 4.69) is 19.2 Å². The molecule has 0 amide bonds. The molecule has 3 N–H and O–H groups in total. The van der Waals surface area contributed by atoms with Crippen molar-refractivity contribution in [1.82, 2.24) is 5.32 Å². The van der Waals surface area contributed by atoms with E-state index in [0.29, 0.717) is 5.92 Å². The molecule has 0 aromatic heterocycles. The Balaban J connectivity index is 3.71. The summed E-state index contributed by atoms with van der Waals surface area (Å²) >= 11 is 0. The second-order valence-corrected chi connectivity index (χ2v) is 3.34. The lowest BCUT2D eigenvalue weighted by Gasteiger charge is -2.22. The maximum atomic E-state index is 9.26. The average Bonchev–Trinajstić information content (AvgIpc) is 2.17. The number of ether oxygens (including phenoxy) is 1. The number of methoxy groups -OCH3 is 1. The van der Waals surface area contributed by atoms with Crippen LogP contribution in [0.5, 0.6) is 0 Å². The van der Waals surface area contributed by atoms with Gasteiger partial charge in [0, 0.05) is 7.11 Å². The zero-order valence-corrected chi connectivity index (χ0v) is 8.66. The molecule has 3 unspecified atom stereocenters. The molecule has 0 aliphatic carbocycles. The summed E-state index contributed by atoms with van der Waals surface area (Å²) in [5.74, 6) is 0.540. The summed E-state index contributed by atoms with van der Waals surface area (Å²) < 4.78 is 4.70. The molecule has 0 radical (unpaired) electrons. The summed E-state index contributed by atoms with van der Waals surface area (Å²) in [5, 5.41) is 21.2. The molecule has 0 heterocycles. The van der Waals surface area contributed by atoms with E-state index in [4.69, 9.17) is 9.84 Å². The Morgan fingerprint density at radius 2 is 2.08 bits per heavy atom. The number of aliphatic hydroxyl groups excluding tert-OH is 2. The highest BCUT2D eigenvalue weighted by Crippen LogP contribution is 2.00. The van der Waals surface area contributed by atoms with Gasteiger partial charge in [0.2, 0.25) is 0 Å². The monoisotopic (exact) mass is 191 g/mol. The van der Waals surface area contributed by atoms with Gasteiger partial charge in [-0.25, -0.2) is 0 Å². The van der Waals surface area contributed by atoms with E-state index in [1.807, 2.05) is 0 Å². The quantitative estimate of drug-likeness (QED) is 0.494. The summed E-state index contributed by atoms with van der Waals surface area (Å²) in [6.45, 7) is 4.88. The Labute approximate surface area is 79.9 Å². The minimum Gasteiger partial charge on any atom is -0.395 e. The van der Waals surface area contributed by atoms with Crippen LogP contribution >= 0.6 is 0 Å². The van der Waals surface area contributed by atoms with E-state index in [9.17, 15) is 5.11 Å². The van der Waals surface area contributed by atoms with Crippen LogP contribution in [0, 0.1) is 5.92 Å². The predicted molar refractivity (Wildman–Crippen MR) is 51.3 cm³/mol. The van der Waals surface area contributed by atoms with Crippen LogP contribution in [0.3, 0.4) is 0 Å². The number of nitrogens with one attached hydrogen (secondary N) is 1. The third-order valence-corrected chi connectivity index (χ3v) is 2.21. The van der Waals surface area contributed by atoms with Crippen LogP contribution in [-0.2, 0) is 4.74 Å². The van der Waals surface area contributed by atoms with E-state index in [0.717, 1.165) is 13.0 Å². The van der Waals surface area contributed by atoms with Crippen LogP contribution in [0.4, 0.5) is 0 Å². The summed E-state index contributed by atoms with van der Waals surface area (Å²) in [5.41, 5.74) is 0. The van der Waals surface area contributed by atoms with Gasteiger partial charge in [0.25, 0.3) is 0 Å². The molecular weight excluding hydrogens is 170 g/mol. The van der Waals surface area contributed by atoms with Crippen LogP contribution in [0.15, 0.2) is 0 Å². The van der Waals surface area contributed by atoms with Crippen molar-refractivity contribution in [2.45, 2.75) is 32.6 Å². The van der Waals surface area contributed by atoms with Gasteiger partial charge in [-0.05, 0) is 12.5 Å². The lowest BCUT2D eigenvalue weighted by atomic mass is 10.1. The average molecular weight is 191 g/mol. The maximum absolute atomic E-state index is 9.26. The first-order valence-electron chi connectivity index (χ1n) is 4.70. The SMILES string of the molecule is CCC(C)CNC(CO)C(O)OC. The van der Waals surface area contributed by atoms with E-state index < -0.39 is 6.29 Å². The Kier molecular flexibility index (Phi) is 7.17. The number of aliphatic hydroxyl groups is 2. The molecule has 0 saturated heterocycles. The van der Waals surface area contributed by atoms with Gasteiger partial charge in [-0.15, -0.1) is 0 Å². The number of hydrogen-bond acceptors (Lipinski definition) is 4. The lowest BCUT2D eigenvalue weighted by molar-refractivity contribution is -0.106. The van der Waals surface area contributed by atoms with Crippen LogP contribution in [0.2, 0.25) is 0 Å². The van der Waals surface area contributed by atoms with Crippen LogP contribution in [0.1, 0.15) is 20.3 Å². The molecule has 4 heteroatoms. The molecule has 0 rings (SSSR count). The van der Waals surface area contributed by atoms with Crippen LogP contribution in [0.25, 0.3) is 0 Å². The molecule has 4 nitrogen and oxygen atoms in total. The van der Waals surface area contributed by atoms with Crippen molar-refractivity contribution in [2.75, 3.05) is 20.3 Å². The molecule has 0 aliphatic rings. The second-order valence-electron chi connectivity index (χ2n) is 3.34. The van der Waals surface area contributed by atoms with Crippen molar-refractivity contribution in [2.24, 2.45) is 5.92 Å². The topological polar surface area (TPSA) is 61.7 Å². The van der Waals surface area contributed by atoms with E-state index in [1.54, 1.807) is 0 Å². The van der Waals surface area contributed by atoms with Crippen LogP contribution < -0.4 is 5.32 Å². The molecule has 0 aromatic rings. The number of hydrogen-bond donors (Lipinski definition) is 3. The Hall–Kier alpha value is -0.160. The Morgan fingerprint density at radius 1 is 1.46 bits per heavy atom. The Morgan fingerprint density at radius 3 is 2.46 bits per heavy atom. The largest absolute Gasteiger partial charge is 0.395 e. The molecule has 0 aromatic carbocycles. The molecule has 0 bridgehead atoms. The minimum atomic E-state index is -0.936. The van der Waals surface area contributed by atoms with Gasteiger partial charge in [-0.1, -0.05) is 20.3 Å². The smallest absolute Gasteiger partial charge is 0.171 e. The fourth-order valence-corrected chi connectivity index (χ4v) is 0.917. The first-order valence-corrected chi connectivity index (χ1v) is 4.70. The summed E-state index contributed by atoms with van der Waals surface area (Å²) in [4.78, 5) is 0. The van der Waals surface area contributed by atoms with Crippen molar-refractivity contribution in [3.8, 4) is 0 Å². The van der Waals surface area contributed by atoms with Gasteiger partial charge in [-0.3, -0.25) is 0 Å². The van der Waals surface area contributed by atoms with Gasteiger partial charge < -0.3 is 20.3 Å². The highest BCUT2D eigenvalue weighted by Gasteiger charge is 2.17. The van der Waals surface area contributed by atoms with Gasteiger partial charge in [-0.2, -0.15) is 0 Å². The lowest BCUT2D eigenvalue weighted by Crippen LogP contribution is -2.45. The van der Waals surface area contributed by atoms with Crippen molar-refractivity contribution >= 4 is 0 Å². The van der Waals surface area contributed by atoms with Crippen molar-refractivity contribution in [3.05, 3.63) is 0 Å². The van der Waals surface area contributed by atoms with Crippen molar-refractivity contribution in [3.63, 3.8) is 0 Å². The maximum Gasteiger partial charge on any atom is 0.171 e. The van der Waals surface area contributed by atoms with E-state index in [1.165, 1.54) is 7.11 Å². The van der Waals surface area contributed by atoms with Gasteiger partial charge in [0.05, 0.1) is 12.6 Å². The minimum absolute atomic E-state index is 0.120. The molecule has 0 fully saturated rings. The van der Waals surface area contributed by atoms with E-state index in [-0.39, 0.29) is 12.6 Å². The molecule has 0 spiro atoms. The predicted octanol–water partition coefficient (Wildman–Crippen LogP) is -0.0522. The summed E-state index contributed by atoms with van der Waals surface area (Å²) in [7, 11) is 1.41. The molecule has 3 atom stereocenters. The third-order valence-electron chi connectivity index (χ3n) is 2.21. The normalized spacial score (nSPS) is 18.2.